The molecule has 0 spiro atoms. The Morgan fingerprint density at radius 2 is 2.15 bits per heavy atom. The molecule has 3 aromatic rings. The lowest BCUT2D eigenvalue weighted by Crippen LogP contribution is -2.16. The summed E-state index contributed by atoms with van der Waals surface area (Å²) in [5, 5.41) is 12.2. The third-order valence-electron chi connectivity index (χ3n) is 4.73. The highest BCUT2D eigenvalue weighted by Crippen LogP contribution is 2.30. The van der Waals surface area contributed by atoms with Crippen molar-refractivity contribution in [2.24, 2.45) is 0 Å². The van der Waals surface area contributed by atoms with Gasteiger partial charge in [-0.25, -0.2) is 0 Å². The minimum absolute atomic E-state index is 0.266. The molecule has 6 heteroatoms. The number of rotatable bonds is 6. The Hall–Kier alpha value is -1.63. The van der Waals surface area contributed by atoms with Gasteiger partial charge in [-0.3, -0.25) is 4.57 Å². The number of thiophene rings is 1. The summed E-state index contributed by atoms with van der Waals surface area (Å²) in [6.07, 6.45) is 2.52. The van der Waals surface area contributed by atoms with E-state index in [2.05, 4.69) is 64.3 Å². The van der Waals surface area contributed by atoms with Crippen molar-refractivity contribution < 1.29 is 4.74 Å². The van der Waals surface area contributed by atoms with Crippen LogP contribution < -0.4 is 0 Å². The fourth-order valence-corrected chi connectivity index (χ4v) is 4.95. The van der Waals surface area contributed by atoms with E-state index >= 15 is 0 Å². The SMILES string of the molecule is Cc1cc(-c2nnc(SCc3ccccc3C)n2CC2CCCO2)cs1. The molecule has 1 aliphatic heterocycles. The molecule has 4 nitrogen and oxygen atoms in total. The normalized spacial score (nSPS) is 17.1. The predicted octanol–water partition coefficient (Wildman–Crippen LogP) is 5.09. The summed E-state index contributed by atoms with van der Waals surface area (Å²) in [5.74, 6) is 1.86. The third kappa shape index (κ3) is 3.87. The molecule has 0 radical (unpaired) electrons. The Balaban J connectivity index is 1.60. The van der Waals surface area contributed by atoms with Crippen LogP contribution in [0.25, 0.3) is 11.4 Å². The number of benzene rings is 1. The Morgan fingerprint density at radius 1 is 1.27 bits per heavy atom. The molecular formula is C20H23N3OS2. The van der Waals surface area contributed by atoms with Crippen LogP contribution in [-0.4, -0.2) is 27.5 Å². The van der Waals surface area contributed by atoms with Crippen LogP contribution in [0.2, 0.25) is 0 Å². The molecule has 26 heavy (non-hydrogen) atoms. The zero-order valence-corrected chi connectivity index (χ0v) is 16.8. The van der Waals surface area contributed by atoms with E-state index in [1.54, 1.807) is 23.1 Å². The molecule has 3 heterocycles. The summed E-state index contributed by atoms with van der Waals surface area (Å²) >= 11 is 3.51. The molecule has 1 saturated heterocycles. The highest BCUT2D eigenvalue weighted by Gasteiger charge is 2.22. The van der Waals surface area contributed by atoms with E-state index in [1.807, 2.05) is 0 Å². The summed E-state index contributed by atoms with van der Waals surface area (Å²) < 4.78 is 8.13. The molecule has 1 fully saturated rings. The second-order valence-corrected chi connectivity index (χ2v) is 8.77. The first-order valence-electron chi connectivity index (χ1n) is 8.98. The van der Waals surface area contributed by atoms with Crippen LogP contribution in [-0.2, 0) is 17.0 Å². The average Bonchev–Trinajstić information content (AvgIpc) is 3.37. The molecule has 2 aromatic heterocycles. The smallest absolute Gasteiger partial charge is 0.191 e. The maximum atomic E-state index is 5.88. The Kier molecular flexibility index (Phi) is 5.43. The summed E-state index contributed by atoms with van der Waals surface area (Å²) in [6, 6.07) is 10.7. The summed E-state index contributed by atoms with van der Waals surface area (Å²) in [4.78, 5) is 1.29. The summed E-state index contributed by atoms with van der Waals surface area (Å²) in [7, 11) is 0. The van der Waals surface area contributed by atoms with Gasteiger partial charge in [-0.05, 0) is 43.9 Å². The molecule has 136 valence electrons. The lowest BCUT2D eigenvalue weighted by Gasteiger charge is -2.14. The first-order chi connectivity index (χ1) is 12.7. The van der Waals surface area contributed by atoms with Gasteiger partial charge >= 0.3 is 0 Å². The lowest BCUT2D eigenvalue weighted by molar-refractivity contribution is 0.0953. The van der Waals surface area contributed by atoms with Crippen LogP contribution >= 0.6 is 23.1 Å². The molecule has 0 N–H and O–H groups in total. The minimum atomic E-state index is 0.266. The number of thioether (sulfide) groups is 1. The van der Waals surface area contributed by atoms with Gasteiger partial charge in [0.05, 0.1) is 12.6 Å². The van der Waals surface area contributed by atoms with Crippen molar-refractivity contribution in [3.8, 4) is 11.4 Å². The van der Waals surface area contributed by atoms with Crippen molar-refractivity contribution in [3.05, 3.63) is 51.7 Å². The standard InChI is InChI=1S/C20H23N3OS2/c1-14-6-3-4-7-16(14)12-26-20-22-21-19(17-10-15(2)25-13-17)23(20)11-18-8-5-9-24-18/h3-4,6-7,10,13,18H,5,8-9,11-12H2,1-2H3. The molecule has 0 saturated carbocycles. The molecule has 0 aliphatic carbocycles. The van der Waals surface area contributed by atoms with Crippen LogP contribution in [0, 0.1) is 13.8 Å². The molecule has 1 unspecified atom stereocenters. The number of ether oxygens (including phenoxy) is 1. The zero-order chi connectivity index (χ0) is 17.9. The summed E-state index contributed by atoms with van der Waals surface area (Å²) in [6.45, 7) is 5.98. The van der Waals surface area contributed by atoms with Crippen LogP contribution in [0.5, 0.6) is 0 Å². The van der Waals surface area contributed by atoms with Crippen molar-refractivity contribution in [1.29, 1.82) is 0 Å². The van der Waals surface area contributed by atoms with Gasteiger partial charge in [0.1, 0.15) is 0 Å². The molecule has 0 amide bonds. The van der Waals surface area contributed by atoms with Gasteiger partial charge in [0.25, 0.3) is 0 Å². The number of nitrogens with zero attached hydrogens (tertiary/aromatic N) is 3. The summed E-state index contributed by atoms with van der Waals surface area (Å²) in [5.41, 5.74) is 3.82. The van der Waals surface area contributed by atoms with Gasteiger partial charge in [0.2, 0.25) is 0 Å². The van der Waals surface area contributed by atoms with E-state index in [0.717, 1.165) is 48.3 Å². The molecule has 4 rings (SSSR count). The Morgan fingerprint density at radius 3 is 2.88 bits per heavy atom. The van der Waals surface area contributed by atoms with Gasteiger partial charge in [-0.15, -0.1) is 21.5 Å². The lowest BCUT2D eigenvalue weighted by atomic mass is 10.1. The zero-order valence-electron chi connectivity index (χ0n) is 15.1. The fourth-order valence-electron chi connectivity index (χ4n) is 3.24. The Labute approximate surface area is 162 Å². The molecule has 0 bridgehead atoms. The van der Waals surface area contributed by atoms with Crippen molar-refractivity contribution in [2.45, 2.75) is 50.2 Å². The highest BCUT2D eigenvalue weighted by atomic mass is 32.2. The van der Waals surface area contributed by atoms with Crippen molar-refractivity contribution in [3.63, 3.8) is 0 Å². The van der Waals surface area contributed by atoms with E-state index in [0.29, 0.717) is 0 Å². The number of hydrogen-bond donors (Lipinski definition) is 0. The van der Waals surface area contributed by atoms with Crippen LogP contribution in [0.4, 0.5) is 0 Å². The number of hydrogen-bond acceptors (Lipinski definition) is 5. The molecule has 1 atom stereocenters. The minimum Gasteiger partial charge on any atom is -0.376 e. The monoisotopic (exact) mass is 385 g/mol. The van der Waals surface area contributed by atoms with Gasteiger partial charge in [-0.1, -0.05) is 36.0 Å². The van der Waals surface area contributed by atoms with E-state index in [9.17, 15) is 0 Å². The molecular weight excluding hydrogens is 362 g/mol. The van der Waals surface area contributed by atoms with Crippen LogP contribution in [0.3, 0.4) is 0 Å². The van der Waals surface area contributed by atoms with Crippen LogP contribution in [0.15, 0.2) is 40.9 Å². The maximum Gasteiger partial charge on any atom is 0.191 e. The fraction of sp³-hybridized carbons (Fsp3) is 0.400. The second-order valence-electron chi connectivity index (χ2n) is 6.71. The van der Waals surface area contributed by atoms with Gasteiger partial charge in [0, 0.05) is 28.2 Å². The number of aryl methyl sites for hydroxylation is 2. The first kappa shape index (κ1) is 17.8. The van der Waals surface area contributed by atoms with Crippen LogP contribution in [0.1, 0.15) is 28.8 Å². The number of aromatic nitrogens is 3. The Bertz CT molecular complexity index is 881. The molecule has 1 aliphatic rings. The topological polar surface area (TPSA) is 39.9 Å². The average molecular weight is 386 g/mol. The van der Waals surface area contributed by atoms with E-state index in [4.69, 9.17) is 4.74 Å². The van der Waals surface area contributed by atoms with Crippen molar-refractivity contribution in [1.82, 2.24) is 14.8 Å². The van der Waals surface area contributed by atoms with Gasteiger partial charge in [0.15, 0.2) is 11.0 Å². The van der Waals surface area contributed by atoms with E-state index in [1.165, 1.54) is 16.0 Å². The quantitative estimate of drug-likeness (QED) is 0.554. The first-order valence-corrected chi connectivity index (χ1v) is 10.8. The largest absolute Gasteiger partial charge is 0.376 e. The highest BCUT2D eigenvalue weighted by molar-refractivity contribution is 7.98. The van der Waals surface area contributed by atoms with Crippen molar-refractivity contribution in [2.75, 3.05) is 6.61 Å². The van der Waals surface area contributed by atoms with E-state index < -0.39 is 0 Å². The van der Waals surface area contributed by atoms with Gasteiger partial charge in [-0.2, -0.15) is 0 Å². The second kappa shape index (κ2) is 7.94. The maximum absolute atomic E-state index is 5.88. The third-order valence-corrected chi connectivity index (χ3v) is 6.61. The van der Waals surface area contributed by atoms with Crippen molar-refractivity contribution >= 4 is 23.1 Å². The predicted molar refractivity (Wildman–Crippen MR) is 108 cm³/mol. The van der Waals surface area contributed by atoms with E-state index in [-0.39, 0.29) is 6.10 Å². The van der Waals surface area contributed by atoms with Gasteiger partial charge < -0.3 is 4.74 Å². The molecule has 1 aromatic carbocycles.